The van der Waals surface area contributed by atoms with Crippen molar-refractivity contribution < 1.29 is 18.7 Å². The van der Waals surface area contributed by atoms with Crippen LogP contribution in [0.3, 0.4) is 0 Å². The van der Waals surface area contributed by atoms with Gasteiger partial charge in [0.2, 0.25) is 5.82 Å². The van der Waals surface area contributed by atoms with Crippen LogP contribution in [0.2, 0.25) is 5.02 Å². The fraction of sp³-hybridized carbons (Fsp3) is 0.500. The van der Waals surface area contributed by atoms with Crippen LogP contribution in [0, 0.1) is 0 Å². The number of benzene rings is 1. The maximum absolute atomic E-state index is 6.10. The minimum Gasteiger partial charge on any atom is -0.490 e. The van der Waals surface area contributed by atoms with Crippen LogP contribution in [0.5, 0.6) is 5.75 Å². The van der Waals surface area contributed by atoms with Crippen LogP contribution in [-0.2, 0) is 15.1 Å². The lowest BCUT2D eigenvalue weighted by Gasteiger charge is -2.16. The summed E-state index contributed by atoms with van der Waals surface area (Å²) in [6.45, 7) is 3.59. The van der Waals surface area contributed by atoms with E-state index in [-0.39, 0.29) is 0 Å². The number of methoxy groups -OCH3 is 1. The van der Waals surface area contributed by atoms with Crippen molar-refractivity contribution >= 4 is 11.6 Å². The van der Waals surface area contributed by atoms with Gasteiger partial charge in [0.1, 0.15) is 18.0 Å². The molecule has 6 nitrogen and oxygen atoms in total. The van der Waals surface area contributed by atoms with E-state index in [0.29, 0.717) is 47.9 Å². The first-order valence-corrected chi connectivity index (χ1v) is 7.90. The highest BCUT2D eigenvalue weighted by molar-refractivity contribution is 6.30. The topological polar surface area (TPSA) is 66.6 Å². The first-order chi connectivity index (χ1) is 11.1. The molecule has 23 heavy (non-hydrogen) atoms. The predicted molar refractivity (Wildman–Crippen MR) is 84.7 cm³/mol. The summed E-state index contributed by atoms with van der Waals surface area (Å²) >= 11 is 6.10. The van der Waals surface area contributed by atoms with Gasteiger partial charge in [0, 0.05) is 18.7 Å². The van der Waals surface area contributed by atoms with Crippen molar-refractivity contribution in [3.8, 4) is 17.1 Å². The maximum atomic E-state index is 6.10. The van der Waals surface area contributed by atoms with Crippen LogP contribution < -0.4 is 4.74 Å². The molecule has 1 aliphatic heterocycles. The van der Waals surface area contributed by atoms with Crippen LogP contribution >= 0.6 is 11.6 Å². The molecule has 124 valence electrons. The molecule has 1 saturated heterocycles. The minimum absolute atomic E-state index is 0.427. The third-order valence-electron chi connectivity index (χ3n) is 3.82. The van der Waals surface area contributed by atoms with Gasteiger partial charge >= 0.3 is 0 Å². The summed E-state index contributed by atoms with van der Waals surface area (Å²) in [7, 11) is 1.62. The van der Waals surface area contributed by atoms with E-state index in [1.54, 1.807) is 25.3 Å². The average Bonchev–Trinajstić information content (AvgIpc) is 3.19. The lowest BCUT2D eigenvalue weighted by Crippen LogP contribution is -2.20. The first kappa shape index (κ1) is 16.2. The quantitative estimate of drug-likeness (QED) is 0.752. The second kappa shape index (κ2) is 6.86. The Kier molecular flexibility index (Phi) is 4.84. The summed E-state index contributed by atoms with van der Waals surface area (Å²) in [6.07, 6.45) is 1.85. The molecule has 0 bridgehead atoms. The molecule has 1 atom stereocenters. The molecular formula is C16H19ClN2O4. The lowest BCUT2D eigenvalue weighted by molar-refractivity contribution is -0.00937. The molecule has 0 N–H and O–H groups in total. The van der Waals surface area contributed by atoms with Crippen LogP contribution in [0.25, 0.3) is 11.4 Å². The van der Waals surface area contributed by atoms with Gasteiger partial charge in [-0.25, -0.2) is 0 Å². The van der Waals surface area contributed by atoms with E-state index in [1.165, 1.54) is 0 Å². The van der Waals surface area contributed by atoms with Crippen molar-refractivity contribution in [2.45, 2.75) is 25.4 Å². The SMILES string of the molecule is COCCOc1ccc(Cl)cc1-c1noc([C@@]2(C)CCCO2)n1. The number of hydrogen-bond acceptors (Lipinski definition) is 6. The Bertz CT molecular complexity index is 668. The number of hydrogen-bond donors (Lipinski definition) is 0. The van der Waals surface area contributed by atoms with E-state index in [9.17, 15) is 0 Å². The highest BCUT2D eigenvalue weighted by Crippen LogP contribution is 2.37. The van der Waals surface area contributed by atoms with Crippen molar-refractivity contribution in [3.05, 3.63) is 29.1 Å². The van der Waals surface area contributed by atoms with Gasteiger partial charge in [0.15, 0.2) is 0 Å². The first-order valence-electron chi connectivity index (χ1n) is 7.52. The van der Waals surface area contributed by atoms with Gasteiger partial charge in [-0.2, -0.15) is 4.98 Å². The number of aromatic nitrogens is 2. The zero-order chi connectivity index (χ0) is 16.3. The molecular weight excluding hydrogens is 320 g/mol. The fourth-order valence-electron chi connectivity index (χ4n) is 2.53. The molecule has 1 aromatic heterocycles. The minimum atomic E-state index is -0.513. The zero-order valence-electron chi connectivity index (χ0n) is 13.2. The van der Waals surface area contributed by atoms with Gasteiger partial charge < -0.3 is 18.7 Å². The van der Waals surface area contributed by atoms with Crippen LogP contribution in [0.4, 0.5) is 0 Å². The second-order valence-electron chi connectivity index (χ2n) is 5.59. The van der Waals surface area contributed by atoms with Crippen molar-refractivity contribution in [3.63, 3.8) is 0 Å². The average molecular weight is 339 g/mol. The highest BCUT2D eigenvalue weighted by Gasteiger charge is 2.37. The van der Waals surface area contributed by atoms with Gasteiger partial charge in [-0.15, -0.1) is 0 Å². The smallest absolute Gasteiger partial charge is 0.258 e. The molecule has 0 unspecified atom stereocenters. The van der Waals surface area contributed by atoms with Crippen molar-refractivity contribution in [2.75, 3.05) is 26.9 Å². The van der Waals surface area contributed by atoms with E-state index < -0.39 is 5.60 Å². The summed E-state index contributed by atoms with van der Waals surface area (Å²) in [5.41, 5.74) is 0.172. The van der Waals surface area contributed by atoms with E-state index in [4.69, 9.17) is 30.3 Å². The third kappa shape index (κ3) is 3.49. The standard InChI is InChI=1S/C16H19ClN2O4/c1-16(6-3-7-22-16)15-18-14(19-23-15)12-10-11(17)4-5-13(12)21-9-8-20-2/h4-5,10H,3,6-9H2,1-2H3/t16-/m1/s1. The molecule has 1 fully saturated rings. The fourth-order valence-corrected chi connectivity index (χ4v) is 2.71. The molecule has 2 heterocycles. The summed E-state index contributed by atoms with van der Waals surface area (Å²) < 4.78 is 21.9. The Hall–Kier alpha value is -1.63. The van der Waals surface area contributed by atoms with Gasteiger partial charge in [-0.1, -0.05) is 16.8 Å². The second-order valence-corrected chi connectivity index (χ2v) is 6.02. The van der Waals surface area contributed by atoms with Gasteiger partial charge in [-0.05, 0) is 38.0 Å². The predicted octanol–water partition coefficient (Wildman–Crippen LogP) is 3.44. The van der Waals surface area contributed by atoms with Gasteiger partial charge in [0.25, 0.3) is 5.89 Å². The Balaban J connectivity index is 1.88. The largest absolute Gasteiger partial charge is 0.490 e. The van der Waals surface area contributed by atoms with E-state index >= 15 is 0 Å². The monoisotopic (exact) mass is 338 g/mol. The molecule has 0 radical (unpaired) electrons. The molecule has 1 aliphatic rings. The number of rotatable bonds is 6. The normalized spacial score (nSPS) is 20.8. The molecule has 0 spiro atoms. The molecule has 2 aromatic rings. The number of nitrogens with zero attached hydrogens (tertiary/aromatic N) is 2. The van der Waals surface area contributed by atoms with E-state index in [0.717, 1.165) is 12.8 Å². The molecule has 0 aliphatic carbocycles. The highest BCUT2D eigenvalue weighted by atomic mass is 35.5. The summed E-state index contributed by atoms with van der Waals surface area (Å²) in [6, 6.07) is 5.31. The van der Waals surface area contributed by atoms with Crippen molar-refractivity contribution in [1.29, 1.82) is 0 Å². The summed E-state index contributed by atoms with van der Waals surface area (Å²) in [5, 5.41) is 4.65. The molecule has 0 amide bonds. The molecule has 1 aromatic carbocycles. The van der Waals surface area contributed by atoms with E-state index in [2.05, 4.69) is 10.1 Å². The van der Waals surface area contributed by atoms with Crippen LogP contribution in [-0.4, -0.2) is 37.1 Å². The third-order valence-corrected chi connectivity index (χ3v) is 4.06. The molecule has 7 heteroatoms. The van der Waals surface area contributed by atoms with Gasteiger partial charge in [0.05, 0.1) is 12.2 Å². The molecule has 0 saturated carbocycles. The molecule has 3 rings (SSSR count). The summed E-state index contributed by atoms with van der Waals surface area (Å²) in [4.78, 5) is 4.49. The van der Waals surface area contributed by atoms with E-state index in [1.807, 2.05) is 6.92 Å². The Labute approximate surface area is 139 Å². The Morgan fingerprint density at radius 3 is 2.96 bits per heavy atom. The maximum Gasteiger partial charge on any atom is 0.258 e. The van der Waals surface area contributed by atoms with Gasteiger partial charge in [-0.3, -0.25) is 0 Å². The van der Waals surface area contributed by atoms with Crippen molar-refractivity contribution in [1.82, 2.24) is 10.1 Å². The zero-order valence-corrected chi connectivity index (χ0v) is 13.9. The summed E-state index contributed by atoms with van der Waals surface area (Å²) in [5.74, 6) is 1.55. The van der Waals surface area contributed by atoms with Crippen molar-refractivity contribution in [2.24, 2.45) is 0 Å². The lowest BCUT2D eigenvalue weighted by atomic mass is 10.0. The van der Waals surface area contributed by atoms with Crippen LogP contribution in [0.15, 0.2) is 22.7 Å². The Morgan fingerprint density at radius 2 is 2.22 bits per heavy atom. The number of halogens is 1. The van der Waals surface area contributed by atoms with Crippen LogP contribution in [0.1, 0.15) is 25.7 Å². The number of ether oxygens (including phenoxy) is 3. The Morgan fingerprint density at radius 1 is 1.35 bits per heavy atom.